The first-order valence-electron chi connectivity index (χ1n) is 5.81. The van der Waals surface area contributed by atoms with Crippen LogP contribution in [0.25, 0.3) is 0 Å². The maximum absolute atomic E-state index is 12.2. The highest BCUT2D eigenvalue weighted by Gasteiger charge is 2.29. The van der Waals surface area contributed by atoms with Gasteiger partial charge in [0.25, 0.3) is 5.91 Å². The number of thioether (sulfide) groups is 1. The van der Waals surface area contributed by atoms with E-state index in [4.69, 9.17) is 0 Å². The summed E-state index contributed by atoms with van der Waals surface area (Å²) < 4.78 is 36.5. The minimum absolute atomic E-state index is 0.0270. The topological polar surface area (TPSA) is 40.5 Å². The largest absolute Gasteiger partial charge is 0.446 e. The van der Waals surface area contributed by atoms with Crippen LogP contribution in [0.1, 0.15) is 24.2 Å². The molecule has 0 bridgehead atoms. The average Bonchev–Trinajstić information content (AvgIpc) is 2.24. The van der Waals surface area contributed by atoms with Gasteiger partial charge in [-0.25, -0.2) is 0 Å². The zero-order valence-electron chi connectivity index (χ0n) is 11.4. The summed E-state index contributed by atoms with van der Waals surface area (Å²) in [7, 11) is 1.53. The SMILES string of the molecule is CN(CC(C)(C)O)C(=O)c1ccc(SC(F)(F)F)cc1. The van der Waals surface area contributed by atoms with Gasteiger partial charge in [-0.05, 0) is 49.9 Å². The average molecular weight is 307 g/mol. The quantitative estimate of drug-likeness (QED) is 0.869. The maximum atomic E-state index is 12.2. The van der Waals surface area contributed by atoms with Crippen LogP contribution in [0.15, 0.2) is 29.2 Å². The number of aliphatic hydroxyl groups is 1. The minimum Gasteiger partial charge on any atom is -0.389 e. The van der Waals surface area contributed by atoms with E-state index in [-0.39, 0.29) is 34.7 Å². The summed E-state index contributed by atoms with van der Waals surface area (Å²) >= 11 is -0.225. The van der Waals surface area contributed by atoms with Crippen molar-refractivity contribution in [2.24, 2.45) is 0 Å². The third-order valence-corrected chi connectivity index (χ3v) is 3.04. The molecule has 112 valence electrons. The van der Waals surface area contributed by atoms with Crippen molar-refractivity contribution in [3.63, 3.8) is 0 Å². The molecule has 0 unspecified atom stereocenters. The van der Waals surface area contributed by atoms with E-state index in [0.717, 1.165) is 0 Å². The van der Waals surface area contributed by atoms with Crippen LogP contribution in [-0.2, 0) is 0 Å². The zero-order chi connectivity index (χ0) is 15.6. The number of nitrogens with zero attached hydrogens (tertiary/aromatic N) is 1. The molecule has 0 fully saturated rings. The van der Waals surface area contributed by atoms with Crippen molar-refractivity contribution in [3.8, 4) is 0 Å². The molecule has 0 aliphatic rings. The Bertz CT molecular complexity index is 466. The Morgan fingerprint density at radius 3 is 2.15 bits per heavy atom. The van der Waals surface area contributed by atoms with Crippen LogP contribution in [0.3, 0.4) is 0 Å². The summed E-state index contributed by atoms with van der Waals surface area (Å²) in [6.45, 7) is 3.27. The number of amides is 1. The molecule has 3 nitrogen and oxygen atoms in total. The summed E-state index contributed by atoms with van der Waals surface area (Å²) in [4.78, 5) is 13.4. The molecular formula is C13H16F3NO2S. The van der Waals surface area contributed by atoms with Gasteiger partial charge in [-0.1, -0.05) is 0 Å². The molecule has 1 aromatic rings. The van der Waals surface area contributed by atoms with Gasteiger partial charge in [0.1, 0.15) is 0 Å². The number of hydrogen-bond acceptors (Lipinski definition) is 3. The fourth-order valence-corrected chi connectivity index (χ4v) is 2.21. The van der Waals surface area contributed by atoms with Gasteiger partial charge in [0, 0.05) is 24.1 Å². The Balaban J connectivity index is 2.76. The molecular weight excluding hydrogens is 291 g/mol. The van der Waals surface area contributed by atoms with Crippen molar-refractivity contribution in [1.29, 1.82) is 0 Å². The monoisotopic (exact) mass is 307 g/mol. The fourth-order valence-electron chi connectivity index (χ4n) is 1.67. The lowest BCUT2D eigenvalue weighted by molar-refractivity contribution is -0.0328. The summed E-state index contributed by atoms with van der Waals surface area (Å²) in [6.07, 6.45) is 0. The van der Waals surface area contributed by atoms with Gasteiger partial charge in [-0.15, -0.1) is 0 Å². The van der Waals surface area contributed by atoms with E-state index in [2.05, 4.69) is 0 Å². The Hall–Kier alpha value is -1.21. The molecule has 0 aliphatic heterocycles. The summed E-state index contributed by atoms with van der Waals surface area (Å²) in [5, 5.41) is 9.63. The van der Waals surface area contributed by atoms with Crippen molar-refractivity contribution < 1.29 is 23.1 Å². The van der Waals surface area contributed by atoms with E-state index in [9.17, 15) is 23.1 Å². The highest BCUT2D eigenvalue weighted by molar-refractivity contribution is 8.00. The molecule has 0 atom stereocenters. The first kappa shape index (κ1) is 16.8. The second-order valence-corrected chi connectivity index (χ2v) is 6.18. The number of carbonyl (C=O) groups excluding carboxylic acids is 1. The summed E-state index contributed by atoms with van der Waals surface area (Å²) in [5.74, 6) is -0.351. The smallest absolute Gasteiger partial charge is 0.389 e. The van der Waals surface area contributed by atoms with Crippen LogP contribution in [0.5, 0.6) is 0 Å². The lowest BCUT2D eigenvalue weighted by atomic mass is 10.1. The molecule has 20 heavy (non-hydrogen) atoms. The van der Waals surface area contributed by atoms with E-state index >= 15 is 0 Å². The van der Waals surface area contributed by atoms with Crippen molar-refractivity contribution >= 4 is 17.7 Å². The molecule has 0 spiro atoms. The standard InChI is InChI=1S/C13H16F3NO2S/c1-12(2,19)8-17(3)11(18)9-4-6-10(7-5-9)20-13(14,15)16/h4-7,19H,8H2,1-3H3. The van der Waals surface area contributed by atoms with Crippen molar-refractivity contribution in [3.05, 3.63) is 29.8 Å². The van der Waals surface area contributed by atoms with Crippen molar-refractivity contribution in [1.82, 2.24) is 4.90 Å². The van der Waals surface area contributed by atoms with Gasteiger partial charge in [0.15, 0.2) is 0 Å². The Morgan fingerprint density at radius 2 is 1.75 bits per heavy atom. The maximum Gasteiger partial charge on any atom is 0.446 e. The van der Waals surface area contributed by atoms with Crippen LogP contribution in [-0.4, -0.2) is 40.6 Å². The second-order valence-electron chi connectivity index (χ2n) is 5.05. The fraction of sp³-hybridized carbons (Fsp3) is 0.462. The number of rotatable bonds is 4. The van der Waals surface area contributed by atoms with Crippen molar-refractivity contribution in [2.75, 3.05) is 13.6 Å². The first-order chi connectivity index (χ1) is 8.98. The predicted octanol–water partition coefficient (Wildman–Crippen LogP) is 3.14. The highest BCUT2D eigenvalue weighted by atomic mass is 32.2. The molecule has 0 aliphatic carbocycles. The Morgan fingerprint density at radius 1 is 1.25 bits per heavy atom. The van der Waals surface area contributed by atoms with Gasteiger partial charge in [-0.3, -0.25) is 4.79 Å². The van der Waals surface area contributed by atoms with Gasteiger partial charge in [0.05, 0.1) is 5.60 Å². The molecule has 1 N–H and O–H groups in total. The lowest BCUT2D eigenvalue weighted by Crippen LogP contribution is -2.39. The molecule has 1 amide bonds. The third kappa shape index (κ3) is 5.83. The van der Waals surface area contributed by atoms with Crippen LogP contribution in [0, 0.1) is 0 Å². The van der Waals surface area contributed by atoms with Gasteiger partial charge >= 0.3 is 5.51 Å². The molecule has 7 heteroatoms. The number of alkyl halides is 3. The van der Waals surface area contributed by atoms with Crippen LogP contribution < -0.4 is 0 Å². The summed E-state index contributed by atoms with van der Waals surface area (Å²) in [5.41, 5.74) is -5.09. The van der Waals surface area contributed by atoms with Crippen LogP contribution in [0.2, 0.25) is 0 Å². The molecule has 0 aromatic heterocycles. The lowest BCUT2D eigenvalue weighted by Gasteiger charge is -2.25. The van der Waals surface area contributed by atoms with E-state index in [1.165, 1.54) is 36.2 Å². The number of hydrogen-bond donors (Lipinski definition) is 1. The van der Waals surface area contributed by atoms with Crippen LogP contribution in [0.4, 0.5) is 13.2 Å². The Labute approximate surface area is 119 Å². The normalized spacial score (nSPS) is 12.3. The molecule has 1 aromatic carbocycles. The van der Waals surface area contributed by atoms with Crippen LogP contribution >= 0.6 is 11.8 Å². The Kier molecular flexibility index (Phi) is 5.10. The van der Waals surface area contributed by atoms with E-state index in [1.807, 2.05) is 0 Å². The van der Waals surface area contributed by atoms with E-state index < -0.39 is 11.1 Å². The first-order valence-corrected chi connectivity index (χ1v) is 6.63. The molecule has 0 saturated heterocycles. The number of carbonyl (C=O) groups is 1. The van der Waals surface area contributed by atoms with Gasteiger partial charge in [-0.2, -0.15) is 13.2 Å². The van der Waals surface area contributed by atoms with Gasteiger partial charge < -0.3 is 10.0 Å². The summed E-state index contributed by atoms with van der Waals surface area (Å²) in [6, 6.07) is 5.20. The predicted molar refractivity (Wildman–Crippen MR) is 71.6 cm³/mol. The van der Waals surface area contributed by atoms with E-state index in [0.29, 0.717) is 0 Å². The number of benzene rings is 1. The molecule has 0 saturated carbocycles. The van der Waals surface area contributed by atoms with Gasteiger partial charge in [0.2, 0.25) is 0 Å². The number of likely N-dealkylation sites (N-methyl/N-ethyl adjacent to an activating group) is 1. The zero-order valence-corrected chi connectivity index (χ0v) is 12.2. The van der Waals surface area contributed by atoms with Crippen molar-refractivity contribution in [2.45, 2.75) is 29.9 Å². The highest BCUT2D eigenvalue weighted by Crippen LogP contribution is 2.36. The minimum atomic E-state index is -4.34. The number of halogens is 3. The molecule has 1 rings (SSSR count). The molecule has 0 radical (unpaired) electrons. The third-order valence-electron chi connectivity index (χ3n) is 2.31. The second kappa shape index (κ2) is 6.05. The van der Waals surface area contributed by atoms with E-state index in [1.54, 1.807) is 13.8 Å². The molecule has 0 heterocycles.